The lowest BCUT2D eigenvalue weighted by Gasteiger charge is -2.30. The van der Waals surface area contributed by atoms with Gasteiger partial charge in [-0.25, -0.2) is 8.42 Å². The van der Waals surface area contributed by atoms with E-state index in [1.807, 2.05) is 24.3 Å². The molecular weight excluding hydrogens is 430 g/mol. The molecule has 32 heavy (non-hydrogen) atoms. The van der Waals surface area contributed by atoms with Gasteiger partial charge in [0.15, 0.2) is 0 Å². The van der Waals surface area contributed by atoms with Crippen LogP contribution in [0.2, 0.25) is 0 Å². The molecule has 166 valence electrons. The number of hydrogen-bond donors (Lipinski definition) is 2. The van der Waals surface area contributed by atoms with Gasteiger partial charge in [0.2, 0.25) is 5.91 Å². The SMILES string of the molecule is O=C(CNC(=O)c1ccc(S(=O)(=O)N2CCCc3ccccc32)cc1)NCc1ccco1. The van der Waals surface area contributed by atoms with Crippen LogP contribution in [0.15, 0.2) is 76.2 Å². The number of anilines is 1. The highest BCUT2D eigenvalue weighted by Crippen LogP contribution is 2.31. The van der Waals surface area contributed by atoms with Crippen LogP contribution in [0.5, 0.6) is 0 Å². The summed E-state index contributed by atoms with van der Waals surface area (Å²) in [5, 5.41) is 5.16. The van der Waals surface area contributed by atoms with E-state index in [1.165, 1.54) is 34.8 Å². The highest BCUT2D eigenvalue weighted by atomic mass is 32.2. The Hall–Kier alpha value is -3.59. The maximum Gasteiger partial charge on any atom is 0.264 e. The lowest BCUT2D eigenvalue weighted by atomic mass is 10.0. The molecule has 0 saturated carbocycles. The molecule has 0 fully saturated rings. The van der Waals surface area contributed by atoms with Gasteiger partial charge in [0.1, 0.15) is 5.76 Å². The van der Waals surface area contributed by atoms with Crippen LogP contribution in [0.25, 0.3) is 0 Å². The number of fused-ring (bicyclic) bond motifs is 1. The van der Waals surface area contributed by atoms with Crippen molar-refractivity contribution in [2.75, 3.05) is 17.4 Å². The molecule has 0 aliphatic carbocycles. The average molecular weight is 454 g/mol. The van der Waals surface area contributed by atoms with Crippen LogP contribution in [0.1, 0.15) is 28.1 Å². The largest absolute Gasteiger partial charge is 0.467 e. The minimum Gasteiger partial charge on any atom is -0.467 e. The molecule has 9 heteroatoms. The van der Waals surface area contributed by atoms with Crippen molar-refractivity contribution in [1.82, 2.24) is 10.6 Å². The predicted molar refractivity (Wildman–Crippen MR) is 119 cm³/mol. The predicted octanol–water partition coefficient (Wildman–Crippen LogP) is 2.47. The summed E-state index contributed by atoms with van der Waals surface area (Å²) in [6.07, 6.45) is 3.10. The van der Waals surface area contributed by atoms with E-state index in [0.717, 1.165) is 18.4 Å². The summed E-state index contributed by atoms with van der Waals surface area (Å²) in [6.45, 7) is 0.437. The third kappa shape index (κ3) is 4.67. The van der Waals surface area contributed by atoms with Crippen molar-refractivity contribution >= 4 is 27.5 Å². The molecule has 1 aliphatic heterocycles. The van der Waals surface area contributed by atoms with E-state index in [1.54, 1.807) is 12.1 Å². The van der Waals surface area contributed by atoms with Crippen molar-refractivity contribution in [3.8, 4) is 0 Å². The first-order valence-electron chi connectivity index (χ1n) is 10.2. The molecule has 0 unspecified atom stereocenters. The summed E-state index contributed by atoms with van der Waals surface area (Å²) in [5.74, 6) is -0.221. The third-order valence-electron chi connectivity index (χ3n) is 5.22. The summed E-state index contributed by atoms with van der Waals surface area (Å²) in [7, 11) is -3.74. The maximum absolute atomic E-state index is 13.2. The Morgan fingerprint density at radius 2 is 1.75 bits per heavy atom. The number of hydrogen-bond acceptors (Lipinski definition) is 5. The Bertz CT molecular complexity index is 1200. The molecular formula is C23H23N3O5S. The fourth-order valence-corrected chi connectivity index (χ4v) is 5.12. The lowest BCUT2D eigenvalue weighted by Crippen LogP contribution is -2.36. The number of furan rings is 1. The summed E-state index contributed by atoms with van der Waals surface area (Å²) in [4.78, 5) is 24.3. The van der Waals surface area contributed by atoms with Gasteiger partial charge in [-0.3, -0.25) is 13.9 Å². The number of aryl methyl sites for hydroxylation is 1. The number of para-hydroxylation sites is 1. The van der Waals surface area contributed by atoms with Crippen molar-refractivity contribution in [2.24, 2.45) is 0 Å². The van der Waals surface area contributed by atoms with Crippen LogP contribution in [-0.4, -0.2) is 33.3 Å². The Morgan fingerprint density at radius 1 is 0.969 bits per heavy atom. The number of nitrogens with one attached hydrogen (secondary N) is 2. The minimum atomic E-state index is -3.74. The standard InChI is InChI=1S/C23H23N3O5S/c27-22(24-15-19-7-4-14-31-19)16-25-23(28)18-9-11-20(12-10-18)32(29,30)26-13-3-6-17-5-1-2-8-21(17)26/h1-2,4-5,7-12,14H,3,6,13,15-16H2,(H,24,27)(H,25,28). The number of sulfonamides is 1. The number of benzene rings is 2. The molecule has 0 spiro atoms. The first-order chi connectivity index (χ1) is 15.4. The molecule has 2 aromatic carbocycles. The van der Waals surface area contributed by atoms with Crippen molar-refractivity contribution in [1.29, 1.82) is 0 Å². The molecule has 2 amide bonds. The van der Waals surface area contributed by atoms with Crippen LogP contribution in [0.4, 0.5) is 5.69 Å². The summed E-state index contributed by atoms with van der Waals surface area (Å²) in [5.41, 5.74) is 1.96. The van der Waals surface area contributed by atoms with Crippen LogP contribution < -0.4 is 14.9 Å². The van der Waals surface area contributed by atoms with E-state index in [0.29, 0.717) is 18.0 Å². The number of amides is 2. The van der Waals surface area contributed by atoms with Crippen LogP contribution >= 0.6 is 0 Å². The molecule has 2 N–H and O–H groups in total. The molecule has 4 rings (SSSR count). The highest BCUT2D eigenvalue weighted by molar-refractivity contribution is 7.92. The zero-order valence-corrected chi connectivity index (χ0v) is 18.1. The Balaban J connectivity index is 1.38. The van der Waals surface area contributed by atoms with E-state index >= 15 is 0 Å². The molecule has 0 bridgehead atoms. The fourth-order valence-electron chi connectivity index (χ4n) is 3.58. The van der Waals surface area contributed by atoms with Gasteiger partial charge in [-0.15, -0.1) is 0 Å². The van der Waals surface area contributed by atoms with Crippen LogP contribution in [-0.2, 0) is 27.8 Å². The van der Waals surface area contributed by atoms with Crippen molar-refractivity contribution < 1.29 is 22.4 Å². The van der Waals surface area contributed by atoms with Crippen LogP contribution in [0.3, 0.4) is 0 Å². The third-order valence-corrected chi connectivity index (χ3v) is 7.05. The second-order valence-corrected chi connectivity index (χ2v) is 9.23. The summed E-state index contributed by atoms with van der Waals surface area (Å²) < 4.78 is 32.9. The topological polar surface area (TPSA) is 109 Å². The summed E-state index contributed by atoms with van der Waals surface area (Å²) >= 11 is 0. The van der Waals surface area contributed by atoms with Gasteiger partial charge < -0.3 is 15.1 Å². The van der Waals surface area contributed by atoms with E-state index in [-0.39, 0.29) is 29.5 Å². The first-order valence-corrected chi connectivity index (χ1v) is 11.7. The number of rotatable bonds is 7. The second-order valence-electron chi connectivity index (χ2n) is 7.37. The Kier molecular flexibility index (Phi) is 6.27. The fraction of sp³-hybridized carbons (Fsp3) is 0.217. The van der Waals surface area contributed by atoms with Crippen molar-refractivity contribution in [3.05, 3.63) is 83.8 Å². The second kappa shape index (κ2) is 9.27. The monoisotopic (exact) mass is 453 g/mol. The molecule has 1 aliphatic rings. The van der Waals surface area contributed by atoms with E-state index in [4.69, 9.17) is 4.42 Å². The van der Waals surface area contributed by atoms with Gasteiger partial charge in [-0.2, -0.15) is 0 Å². The lowest BCUT2D eigenvalue weighted by molar-refractivity contribution is -0.120. The van der Waals surface area contributed by atoms with Gasteiger partial charge in [0, 0.05) is 12.1 Å². The molecule has 2 heterocycles. The van der Waals surface area contributed by atoms with Crippen LogP contribution in [0, 0.1) is 0 Å². The van der Waals surface area contributed by atoms with Crippen molar-refractivity contribution in [2.45, 2.75) is 24.3 Å². The average Bonchev–Trinajstić information content (AvgIpc) is 3.34. The van der Waals surface area contributed by atoms with Gasteiger partial charge >= 0.3 is 0 Å². The number of nitrogens with zero attached hydrogens (tertiary/aromatic N) is 1. The molecule has 1 aromatic heterocycles. The molecule has 0 radical (unpaired) electrons. The first kappa shape index (κ1) is 21.6. The quantitative estimate of drug-likeness (QED) is 0.571. The van der Waals surface area contributed by atoms with Gasteiger partial charge in [-0.1, -0.05) is 18.2 Å². The highest BCUT2D eigenvalue weighted by Gasteiger charge is 2.28. The van der Waals surface area contributed by atoms with E-state index in [9.17, 15) is 18.0 Å². The molecule has 8 nitrogen and oxygen atoms in total. The van der Waals surface area contributed by atoms with Gasteiger partial charge in [0.25, 0.3) is 15.9 Å². The zero-order chi connectivity index (χ0) is 22.6. The molecule has 0 saturated heterocycles. The van der Waals surface area contributed by atoms with E-state index < -0.39 is 15.9 Å². The molecule has 3 aromatic rings. The zero-order valence-electron chi connectivity index (χ0n) is 17.3. The van der Waals surface area contributed by atoms with Crippen molar-refractivity contribution in [3.63, 3.8) is 0 Å². The summed E-state index contributed by atoms with van der Waals surface area (Å²) in [6, 6.07) is 16.6. The molecule has 0 atom stereocenters. The number of carbonyl (C=O) groups is 2. The van der Waals surface area contributed by atoms with E-state index in [2.05, 4.69) is 10.6 Å². The number of carbonyl (C=O) groups excluding carboxylic acids is 2. The Morgan fingerprint density at radius 3 is 2.50 bits per heavy atom. The normalized spacial score (nSPS) is 13.3. The van der Waals surface area contributed by atoms with Gasteiger partial charge in [-0.05, 0) is 60.9 Å². The minimum absolute atomic E-state index is 0.113. The smallest absolute Gasteiger partial charge is 0.264 e. The Labute approximate surface area is 186 Å². The maximum atomic E-state index is 13.2. The van der Waals surface area contributed by atoms with Gasteiger partial charge in [0.05, 0.1) is 29.9 Å².